The molecule has 2 saturated heterocycles. The lowest BCUT2D eigenvalue weighted by Gasteiger charge is -2.50. The number of piperidine rings is 2. The summed E-state index contributed by atoms with van der Waals surface area (Å²) < 4.78 is 46.0. The van der Waals surface area contributed by atoms with E-state index in [4.69, 9.17) is 4.74 Å². The van der Waals surface area contributed by atoms with Gasteiger partial charge in [-0.2, -0.15) is 5.26 Å². The summed E-state index contributed by atoms with van der Waals surface area (Å²) in [6.45, 7) is 5.34. The molecule has 0 aromatic heterocycles. The van der Waals surface area contributed by atoms with E-state index in [1.54, 1.807) is 49.9 Å². The molecule has 2 aromatic rings. The highest BCUT2D eigenvalue weighted by Gasteiger charge is 2.49. The van der Waals surface area contributed by atoms with Crippen LogP contribution in [0.1, 0.15) is 52.0 Å². The van der Waals surface area contributed by atoms with Crippen molar-refractivity contribution in [1.82, 2.24) is 10.2 Å². The molecule has 0 radical (unpaired) electrons. The summed E-state index contributed by atoms with van der Waals surface area (Å²) in [5.74, 6) is -4.44. The maximum atomic E-state index is 13.6. The van der Waals surface area contributed by atoms with Crippen molar-refractivity contribution in [3.63, 3.8) is 0 Å². The van der Waals surface area contributed by atoms with Gasteiger partial charge in [-0.3, -0.25) is 9.69 Å². The summed E-state index contributed by atoms with van der Waals surface area (Å²) in [5.41, 5.74) is 0.683. The molecule has 2 aromatic carbocycles. The van der Waals surface area contributed by atoms with Crippen LogP contribution in [0.15, 0.2) is 36.4 Å². The Bertz CT molecular complexity index is 1190. The third-order valence-corrected chi connectivity index (χ3v) is 6.94. The molecular formula is C28H30F3N3O3. The van der Waals surface area contributed by atoms with Gasteiger partial charge < -0.3 is 10.1 Å². The lowest BCUT2D eigenvalue weighted by molar-refractivity contribution is -0.135. The third kappa shape index (κ3) is 5.90. The molecule has 2 atom stereocenters. The predicted molar refractivity (Wildman–Crippen MR) is 131 cm³/mol. The number of hydrogen-bond acceptors (Lipinski definition) is 4. The normalized spacial score (nSPS) is 21.8. The number of carbonyl (C=O) groups excluding carboxylic acids is 2. The van der Waals surface area contributed by atoms with Crippen LogP contribution in [0, 0.1) is 34.7 Å². The summed E-state index contributed by atoms with van der Waals surface area (Å²) >= 11 is 0. The van der Waals surface area contributed by atoms with E-state index in [0.717, 1.165) is 37.8 Å². The Hall–Kier alpha value is -3.54. The number of benzene rings is 2. The fourth-order valence-corrected chi connectivity index (χ4v) is 5.24. The average Bonchev–Trinajstić information content (AvgIpc) is 2.86. The standard InChI is InChI=1S/C28H30F3N3O3/c1-28(2,3)37-27(36)34-21-10-8-18(9-11-21)25(34)26(35)33-20(15-32)12-16-4-6-17(7-5-16)19-13-22(29)24(31)23(30)14-19/h4-7,13-14,18,20-21,25H,8-12H2,1-3H3,(H,33,35). The minimum atomic E-state index is -1.52. The number of nitrogens with zero attached hydrogens (tertiary/aromatic N) is 2. The molecule has 1 saturated carbocycles. The number of nitriles is 1. The highest BCUT2D eigenvalue weighted by atomic mass is 19.2. The lowest BCUT2D eigenvalue weighted by Crippen LogP contribution is -2.64. The number of halogens is 3. The zero-order valence-corrected chi connectivity index (χ0v) is 21.1. The van der Waals surface area contributed by atoms with E-state index in [2.05, 4.69) is 11.4 Å². The van der Waals surface area contributed by atoms with Crippen LogP contribution in [0.3, 0.4) is 0 Å². The Balaban J connectivity index is 1.45. The average molecular weight is 514 g/mol. The van der Waals surface area contributed by atoms with Crippen molar-refractivity contribution in [3.05, 3.63) is 59.4 Å². The second kappa shape index (κ2) is 10.4. The monoisotopic (exact) mass is 513 g/mol. The first-order valence-corrected chi connectivity index (χ1v) is 12.4. The number of amides is 2. The van der Waals surface area contributed by atoms with E-state index in [0.29, 0.717) is 11.1 Å². The van der Waals surface area contributed by atoms with Crippen LogP contribution in [-0.2, 0) is 16.0 Å². The van der Waals surface area contributed by atoms with Gasteiger partial charge in [-0.1, -0.05) is 24.3 Å². The minimum Gasteiger partial charge on any atom is -0.444 e. The smallest absolute Gasteiger partial charge is 0.411 e. The van der Waals surface area contributed by atoms with Crippen LogP contribution in [0.4, 0.5) is 18.0 Å². The van der Waals surface area contributed by atoms with Crippen molar-refractivity contribution in [2.75, 3.05) is 0 Å². The second-order valence-corrected chi connectivity index (χ2v) is 10.7. The Labute approximate surface area is 214 Å². The van der Waals surface area contributed by atoms with Crippen LogP contribution < -0.4 is 5.32 Å². The van der Waals surface area contributed by atoms with E-state index < -0.39 is 41.2 Å². The van der Waals surface area contributed by atoms with E-state index in [1.807, 2.05) is 0 Å². The molecule has 0 spiro atoms. The van der Waals surface area contributed by atoms with Crippen LogP contribution in [-0.4, -0.2) is 40.6 Å². The third-order valence-electron chi connectivity index (χ3n) is 6.94. The molecule has 6 nitrogen and oxygen atoms in total. The fourth-order valence-electron chi connectivity index (χ4n) is 5.24. The first-order chi connectivity index (χ1) is 17.5. The van der Waals surface area contributed by atoms with Gasteiger partial charge in [0.15, 0.2) is 17.5 Å². The SMILES string of the molecule is CC(C)(C)OC(=O)N1C2CCC(CC2)C1C(=O)NC(C#N)Cc1ccc(-c2cc(F)c(F)c(F)c2)cc1. The van der Waals surface area contributed by atoms with Gasteiger partial charge in [0.05, 0.1) is 6.07 Å². The first-order valence-electron chi connectivity index (χ1n) is 12.4. The van der Waals surface area contributed by atoms with E-state index in [-0.39, 0.29) is 29.9 Å². The number of ether oxygens (including phenoxy) is 1. The van der Waals surface area contributed by atoms with Gasteiger partial charge in [0.1, 0.15) is 17.7 Å². The Morgan fingerprint density at radius 2 is 1.65 bits per heavy atom. The van der Waals surface area contributed by atoms with Gasteiger partial charge in [-0.15, -0.1) is 0 Å². The van der Waals surface area contributed by atoms with E-state index in [1.165, 1.54) is 0 Å². The van der Waals surface area contributed by atoms with Crippen molar-refractivity contribution >= 4 is 12.0 Å². The maximum Gasteiger partial charge on any atom is 0.411 e. The van der Waals surface area contributed by atoms with Crippen molar-refractivity contribution in [2.24, 2.45) is 5.92 Å². The van der Waals surface area contributed by atoms with Gasteiger partial charge in [0, 0.05) is 12.5 Å². The summed E-state index contributed by atoms with van der Waals surface area (Å²) in [4.78, 5) is 27.9. The van der Waals surface area contributed by atoms with E-state index >= 15 is 0 Å². The molecule has 196 valence electrons. The number of carbonyl (C=O) groups is 2. The lowest BCUT2D eigenvalue weighted by atomic mass is 9.74. The molecule has 2 unspecified atom stereocenters. The molecule has 5 rings (SSSR count). The van der Waals surface area contributed by atoms with Gasteiger partial charge in [-0.25, -0.2) is 18.0 Å². The molecule has 3 aliphatic rings. The summed E-state index contributed by atoms with van der Waals surface area (Å²) in [6, 6.07) is 8.93. The van der Waals surface area contributed by atoms with Crippen molar-refractivity contribution < 1.29 is 27.5 Å². The molecular weight excluding hydrogens is 483 g/mol. The highest BCUT2D eigenvalue weighted by Crippen LogP contribution is 2.40. The maximum absolute atomic E-state index is 13.6. The first kappa shape index (κ1) is 26.5. The van der Waals surface area contributed by atoms with Crippen molar-refractivity contribution in [1.29, 1.82) is 5.26 Å². The molecule has 2 amide bonds. The molecule has 2 heterocycles. The summed E-state index contributed by atoms with van der Waals surface area (Å²) in [5, 5.41) is 12.5. The molecule has 2 bridgehead atoms. The molecule has 1 aliphatic carbocycles. The van der Waals surface area contributed by atoms with Crippen LogP contribution in [0.25, 0.3) is 11.1 Å². The second-order valence-electron chi connectivity index (χ2n) is 10.7. The topological polar surface area (TPSA) is 82.4 Å². The number of fused-ring (bicyclic) bond motifs is 3. The van der Waals surface area contributed by atoms with Gasteiger partial charge in [-0.05, 0) is 81.2 Å². The highest BCUT2D eigenvalue weighted by molar-refractivity contribution is 5.87. The predicted octanol–water partition coefficient (Wildman–Crippen LogP) is 5.50. The Kier molecular flexibility index (Phi) is 7.49. The van der Waals surface area contributed by atoms with Crippen molar-refractivity contribution in [2.45, 2.75) is 76.6 Å². The number of nitrogens with one attached hydrogen (secondary N) is 1. The quantitative estimate of drug-likeness (QED) is 0.536. The fraction of sp³-hybridized carbons (Fsp3) is 0.464. The van der Waals surface area contributed by atoms with Gasteiger partial charge in [0.2, 0.25) is 5.91 Å². The van der Waals surface area contributed by atoms with Gasteiger partial charge >= 0.3 is 6.09 Å². The van der Waals surface area contributed by atoms with Crippen LogP contribution >= 0.6 is 0 Å². The molecule has 3 fully saturated rings. The van der Waals surface area contributed by atoms with Gasteiger partial charge in [0.25, 0.3) is 0 Å². The van der Waals surface area contributed by atoms with Crippen molar-refractivity contribution in [3.8, 4) is 17.2 Å². The zero-order chi connectivity index (χ0) is 26.9. The summed E-state index contributed by atoms with van der Waals surface area (Å²) in [6.07, 6.45) is 3.01. The number of rotatable bonds is 5. The molecule has 2 aliphatic heterocycles. The van der Waals surface area contributed by atoms with Crippen LogP contribution in [0.5, 0.6) is 0 Å². The van der Waals surface area contributed by atoms with E-state index in [9.17, 15) is 28.0 Å². The largest absolute Gasteiger partial charge is 0.444 e. The Morgan fingerprint density at radius 1 is 1.05 bits per heavy atom. The number of hydrogen-bond donors (Lipinski definition) is 1. The van der Waals surface area contributed by atoms with Crippen LogP contribution in [0.2, 0.25) is 0 Å². The minimum absolute atomic E-state index is 0.00708. The molecule has 1 N–H and O–H groups in total. The summed E-state index contributed by atoms with van der Waals surface area (Å²) in [7, 11) is 0. The molecule has 37 heavy (non-hydrogen) atoms. The zero-order valence-electron chi connectivity index (χ0n) is 21.1. The molecule has 9 heteroatoms. The Morgan fingerprint density at radius 3 is 2.19 bits per heavy atom.